The molecule has 0 spiro atoms. The molecule has 1 aromatic rings. The molecule has 0 unspecified atom stereocenters. The number of hydrogen-bond acceptors (Lipinski definition) is 3. The molecule has 6 nitrogen and oxygen atoms in total. The number of rotatable bonds is 5. The first-order valence-corrected chi connectivity index (χ1v) is 8.56. The number of hydrogen-bond donors (Lipinski definition) is 3. The molecule has 1 fully saturated rings. The highest BCUT2D eigenvalue weighted by Crippen LogP contribution is 2.18. The normalized spacial score (nSPS) is 17.5. The Labute approximate surface area is 144 Å². The minimum absolute atomic E-state index is 0.0672. The molecular weight excluding hydrogens is 360 g/mol. The summed E-state index contributed by atoms with van der Waals surface area (Å²) in [7, 11) is 0. The Kier molecular flexibility index (Phi) is 6.41. The van der Waals surface area contributed by atoms with Crippen LogP contribution in [0.1, 0.15) is 31.4 Å². The van der Waals surface area contributed by atoms with E-state index in [-0.39, 0.29) is 24.0 Å². The molecule has 0 radical (unpaired) electrons. The van der Waals surface area contributed by atoms with Crippen molar-refractivity contribution in [3.63, 3.8) is 0 Å². The van der Waals surface area contributed by atoms with Gasteiger partial charge >= 0.3 is 6.03 Å². The molecule has 126 valence electrons. The van der Waals surface area contributed by atoms with Crippen molar-refractivity contribution in [2.75, 3.05) is 19.6 Å². The van der Waals surface area contributed by atoms with Crippen LogP contribution in [0.5, 0.6) is 0 Å². The van der Waals surface area contributed by atoms with Crippen LogP contribution in [0.2, 0.25) is 0 Å². The van der Waals surface area contributed by atoms with E-state index in [1.165, 1.54) is 0 Å². The van der Waals surface area contributed by atoms with Gasteiger partial charge in [-0.05, 0) is 37.5 Å². The maximum Gasteiger partial charge on any atom is 0.315 e. The Bertz CT molecular complexity index is 559. The largest absolute Gasteiger partial charge is 0.369 e. The maximum absolute atomic E-state index is 12.1. The van der Waals surface area contributed by atoms with Crippen LogP contribution < -0.4 is 16.4 Å². The van der Waals surface area contributed by atoms with E-state index in [0.29, 0.717) is 6.54 Å². The Hall–Kier alpha value is -1.60. The fourth-order valence-corrected chi connectivity index (χ4v) is 3.16. The lowest BCUT2D eigenvalue weighted by molar-refractivity contribution is -0.119. The number of halogens is 1. The fraction of sp³-hybridized carbons (Fsp3) is 0.500. The molecule has 23 heavy (non-hydrogen) atoms. The van der Waals surface area contributed by atoms with Gasteiger partial charge in [-0.15, -0.1) is 0 Å². The van der Waals surface area contributed by atoms with Gasteiger partial charge in [0.25, 0.3) is 0 Å². The molecule has 1 heterocycles. The summed E-state index contributed by atoms with van der Waals surface area (Å²) in [6.07, 6.45) is 1.65. The van der Waals surface area contributed by atoms with Crippen LogP contribution >= 0.6 is 15.9 Å². The average Bonchev–Trinajstić information content (AvgIpc) is 2.48. The van der Waals surface area contributed by atoms with E-state index < -0.39 is 0 Å². The predicted molar refractivity (Wildman–Crippen MR) is 92.9 cm³/mol. The topological polar surface area (TPSA) is 87.5 Å². The summed E-state index contributed by atoms with van der Waals surface area (Å²) < 4.78 is 0.992. The average molecular weight is 383 g/mol. The molecule has 1 aliphatic rings. The van der Waals surface area contributed by atoms with Crippen molar-refractivity contribution >= 4 is 27.9 Å². The maximum atomic E-state index is 12.1. The first-order valence-electron chi connectivity index (χ1n) is 7.77. The first kappa shape index (κ1) is 17.7. The van der Waals surface area contributed by atoms with Crippen molar-refractivity contribution < 1.29 is 9.59 Å². The molecule has 0 aromatic heterocycles. The Morgan fingerprint density at radius 1 is 1.39 bits per heavy atom. The van der Waals surface area contributed by atoms with Crippen molar-refractivity contribution in [3.05, 3.63) is 34.3 Å². The zero-order chi connectivity index (χ0) is 16.8. The van der Waals surface area contributed by atoms with Gasteiger partial charge in [0.05, 0.1) is 12.6 Å². The second kappa shape index (κ2) is 8.31. The van der Waals surface area contributed by atoms with Crippen LogP contribution in [0, 0.1) is 0 Å². The van der Waals surface area contributed by atoms with Gasteiger partial charge in [-0.3, -0.25) is 9.69 Å². The number of primary amides is 1. The van der Waals surface area contributed by atoms with E-state index in [0.717, 1.165) is 36.0 Å². The number of benzene rings is 1. The smallest absolute Gasteiger partial charge is 0.315 e. The van der Waals surface area contributed by atoms with Gasteiger partial charge in [0.2, 0.25) is 5.91 Å². The highest BCUT2D eigenvalue weighted by atomic mass is 79.9. The molecule has 3 amide bonds. The summed E-state index contributed by atoms with van der Waals surface area (Å²) in [6, 6.07) is 7.79. The van der Waals surface area contributed by atoms with Gasteiger partial charge in [0, 0.05) is 23.6 Å². The van der Waals surface area contributed by atoms with Crippen molar-refractivity contribution in [2.45, 2.75) is 31.8 Å². The van der Waals surface area contributed by atoms with Crippen LogP contribution in [0.15, 0.2) is 28.7 Å². The Morgan fingerprint density at radius 2 is 2.09 bits per heavy atom. The van der Waals surface area contributed by atoms with Gasteiger partial charge in [-0.2, -0.15) is 0 Å². The van der Waals surface area contributed by atoms with Gasteiger partial charge in [-0.25, -0.2) is 4.79 Å². The Morgan fingerprint density at radius 3 is 2.70 bits per heavy atom. The van der Waals surface area contributed by atoms with E-state index in [4.69, 9.17) is 5.73 Å². The van der Waals surface area contributed by atoms with Crippen molar-refractivity contribution in [2.24, 2.45) is 5.73 Å². The number of piperidine rings is 1. The summed E-state index contributed by atoms with van der Waals surface area (Å²) in [5, 5.41) is 5.96. The van der Waals surface area contributed by atoms with Crippen LogP contribution in [-0.2, 0) is 4.79 Å². The number of carbonyl (C=O) groups excluding carboxylic acids is 2. The molecule has 7 heteroatoms. The van der Waals surface area contributed by atoms with Gasteiger partial charge in [0.1, 0.15) is 0 Å². The third kappa shape index (κ3) is 5.84. The zero-order valence-corrected chi connectivity index (χ0v) is 14.8. The number of urea groups is 1. The Balaban J connectivity index is 1.76. The molecule has 1 aliphatic heterocycles. The van der Waals surface area contributed by atoms with Gasteiger partial charge in [0.15, 0.2) is 0 Å². The molecule has 0 bridgehead atoms. The second-order valence-corrected chi connectivity index (χ2v) is 6.83. The fourth-order valence-electron chi connectivity index (χ4n) is 2.74. The number of carbonyl (C=O) groups is 2. The van der Waals surface area contributed by atoms with Crippen LogP contribution in [0.3, 0.4) is 0 Å². The second-order valence-electron chi connectivity index (χ2n) is 5.91. The summed E-state index contributed by atoms with van der Waals surface area (Å²) in [4.78, 5) is 25.0. The molecular formula is C16H23BrN4O2. The monoisotopic (exact) mass is 382 g/mol. The molecule has 1 atom stereocenters. The summed E-state index contributed by atoms with van der Waals surface area (Å²) >= 11 is 3.43. The molecule has 0 saturated carbocycles. The number of nitrogens with zero attached hydrogens (tertiary/aromatic N) is 1. The lowest BCUT2D eigenvalue weighted by atomic mass is 10.1. The number of nitrogens with two attached hydrogens (primary N) is 1. The van der Waals surface area contributed by atoms with Crippen LogP contribution in [-0.4, -0.2) is 42.5 Å². The van der Waals surface area contributed by atoms with Gasteiger partial charge < -0.3 is 16.4 Å². The van der Waals surface area contributed by atoms with Crippen LogP contribution in [0.25, 0.3) is 0 Å². The molecule has 2 rings (SSSR count). The van der Waals surface area contributed by atoms with E-state index >= 15 is 0 Å². The van der Waals surface area contributed by atoms with E-state index in [1.807, 2.05) is 36.1 Å². The van der Waals surface area contributed by atoms with E-state index in [1.54, 1.807) is 0 Å². The lowest BCUT2D eigenvalue weighted by Gasteiger charge is -2.31. The van der Waals surface area contributed by atoms with E-state index in [9.17, 15) is 9.59 Å². The summed E-state index contributed by atoms with van der Waals surface area (Å²) in [5.74, 6) is -0.308. The van der Waals surface area contributed by atoms with Gasteiger partial charge in [-0.1, -0.05) is 28.1 Å². The number of likely N-dealkylation sites (tertiary alicyclic amines) is 1. The highest BCUT2D eigenvalue weighted by molar-refractivity contribution is 9.10. The quantitative estimate of drug-likeness (QED) is 0.724. The van der Waals surface area contributed by atoms with Crippen LogP contribution in [0.4, 0.5) is 4.79 Å². The number of nitrogens with one attached hydrogen (secondary N) is 2. The third-order valence-electron chi connectivity index (χ3n) is 4.00. The molecule has 1 saturated heterocycles. The summed E-state index contributed by atoms with van der Waals surface area (Å²) in [6.45, 7) is 3.79. The standard InChI is InChI=1S/C16H23BrN4O2/c1-11(12-3-2-4-13(17)9-12)19-16(23)20-14-5-7-21(8-6-14)10-15(18)22/h2-4,9,11,14H,5-8,10H2,1H3,(H2,18,22)(H2,19,20,23)/t11-/m0/s1. The predicted octanol–water partition coefficient (Wildman–Crippen LogP) is 1.76. The molecule has 1 aromatic carbocycles. The molecule has 4 N–H and O–H groups in total. The van der Waals surface area contributed by atoms with Crippen molar-refractivity contribution in [1.29, 1.82) is 0 Å². The summed E-state index contributed by atoms with van der Waals surface area (Å²) in [5.41, 5.74) is 6.24. The molecule has 0 aliphatic carbocycles. The first-order chi connectivity index (χ1) is 10.9. The van der Waals surface area contributed by atoms with Crippen molar-refractivity contribution in [1.82, 2.24) is 15.5 Å². The minimum atomic E-state index is -0.308. The number of amides is 3. The SMILES string of the molecule is C[C@H](NC(=O)NC1CCN(CC(N)=O)CC1)c1cccc(Br)c1. The van der Waals surface area contributed by atoms with E-state index in [2.05, 4.69) is 26.6 Å². The zero-order valence-electron chi connectivity index (χ0n) is 13.2. The minimum Gasteiger partial charge on any atom is -0.369 e. The lowest BCUT2D eigenvalue weighted by Crippen LogP contribution is -2.49. The third-order valence-corrected chi connectivity index (χ3v) is 4.49. The highest BCUT2D eigenvalue weighted by Gasteiger charge is 2.22. The van der Waals surface area contributed by atoms with Crippen molar-refractivity contribution in [3.8, 4) is 0 Å².